The summed E-state index contributed by atoms with van der Waals surface area (Å²) >= 11 is 0. The van der Waals surface area contributed by atoms with Crippen molar-refractivity contribution in [3.8, 4) is 0 Å². The van der Waals surface area contributed by atoms with Gasteiger partial charge in [0.05, 0.1) is 19.4 Å². The van der Waals surface area contributed by atoms with Crippen molar-refractivity contribution in [1.82, 2.24) is 4.90 Å². The molecular formula is C27H56NO6P. The maximum atomic E-state index is 12.2. The van der Waals surface area contributed by atoms with Crippen molar-refractivity contribution in [2.75, 3.05) is 46.6 Å². The average Bonchev–Trinajstić information content (AvgIpc) is 2.79. The molecule has 0 bridgehead atoms. The SMILES string of the molecule is CCCCCCCCCCCCCCCCOCC(COP(=O)(O)CCCCN(C)C)OC(C)=O. The molecule has 0 radical (unpaired) electrons. The summed E-state index contributed by atoms with van der Waals surface area (Å²) in [7, 11) is 0.248. The Bertz CT molecular complexity index is 532. The molecular weight excluding hydrogens is 465 g/mol. The first-order chi connectivity index (χ1) is 16.8. The summed E-state index contributed by atoms with van der Waals surface area (Å²) in [6.45, 7) is 5.10. The molecule has 1 N–H and O–H groups in total. The Labute approximate surface area is 216 Å². The number of nitrogens with zero attached hydrogens (tertiary/aromatic N) is 1. The van der Waals surface area contributed by atoms with Crippen molar-refractivity contribution in [2.24, 2.45) is 0 Å². The zero-order chi connectivity index (χ0) is 26.2. The van der Waals surface area contributed by atoms with Crippen molar-refractivity contribution in [2.45, 2.75) is 123 Å². The zero-order valence-corrected chi connectivity index (χ0v) is 24.2. The average molecular weight is 522 g/mol. The lowest BCUT2D eigenvalue weighted by atomic mass is 10.0. The maximum Gasteiger partial charge on any atom is 0.328 e. The monoisotopic (exact) mass is 521 g/mol. The van der Waals surface area contributed by atoms with Crippen LogP contribution < -0.4 is 0 Å². The van der Waals surface area contributed by atoms with Gasteiger partial charge in [-0.2, -0.15) is 0 Å². The van der Waals surface area contributed by atoms with Crippen molar-refractivity contribution < 1.29 is 28.3 Å². The van der Waals surface area contributed by atoms with Crippen LogP contribution in [0.15, 0.2) is 0 Å². The number of hydrogen-bond donors (Lipinski definition) is 1. The van der Waals surface area contributed by atoms with Crippen LogP contribution in [-0.4, -0.2) is 68.5 Å². The minimum absolute atomic E-state index is 0.105. The highest BCUT2D eigenvalue weighted by atomic mass is 31.2. The van der Waals surface area contributed by atoms with E-state index in [9.17, 15) is 14.3 Å². The number of carbonyl (C=O) groups excluding carboxylic acids is 1. The second-order valence-electron chi connectivity index (χ2n) is 10.1. The molecule has 0 fully saturated rings. The van der Waals surface area contributed by atoms with E-state index in [4.69, 9.17) is 14.0 Å². The standard InChI is InChI=1S/C27H56NO6P/c1-5-6-7-8-9-10-11-12-13-14-15-16-17-19-22-32-24-27(34-26(2)29)25-33-35(30,31)23-20-18-21-28(3)4/h27H,5-25H2,1-4H3,(H,30,31). The minimum Gasteiger partial charge on any atom is -0.458 e. The summed E-state index contributed by atoms with van der Waals surface area (Å²) in [4.78, 5) is 23.4. The van der Waals surface area contributed by atoms with Crippen LogP contribution in [0.4, 0.5) is 0 Å². The quantitative estimate of drug-likeness (QED) is 0.0748. The van der Waals surface area contributed by atoms with Crippen LogP contribution in [0, 0.1) is 0 Å². The highest BCUT2D eigenvalue weighted by Gasteiger charge is 2.23. The van der Waals surface area contributed by atoms with Crippen LogP contribution in [0.5, 0.6) is 0 Å². The van der Waals surface area contributed by atoms with Crippen LogP contribution >= 0.6 is 7.60 Å². The van der Waals surface area contributed by atoms with E-state index in [1.54, 1.807) is 0 Å². The Balaban J connectivity index is 3.74. The van der Waals surface area contributed by atoms with E-state index < -0.39 is 19.7 Å². The summed E-state index contributed by atoms with van der Waals surface area (Å²) in [5.41, 5.74) is 0. The van der Waals surface area contributed by atoms with Gasteiger partial charge in [-0.05, 0) is 39.9 Å². The molecule has 0 aromatic heterocycles. The van der Waals surface area contributed by atoms with Gasteiger partial charge in [0, 0.05) is 13.5 Å². The van der Waals surface area contributed by atoms with Gasteiger partial charge in [-0.25, -0.2) is 0 Å². The van der Waals surface area contributed by atoms with E-state index in [1.165, 1.54) is 84.0 Å². The first kappa shape index (κ1) is 34.5. The fourth-order valence-electron chi connectivity index (χ4n) is 3.97. The van der Waals surface area contributed by atoms with Gasteiger partial charge in [0.15, 0.2) is 0 Å². The van der Waals surface area contributed by atoms with E-state index >= 15 is 0 Å². The molecule has 0 saturated heterocycles. The van der Waals surface area contributed by atoms with Crippen molar-refractivity contribution in [3.05, 3.63) is 0 Å². The van der Waals surface area contributed by atoms with Gasteiger partial charge < -0.3 is 23.8 Å². The van der Waals surface area contributed by atoms with E-state index in [0.717, 1.165) is 25.8 Å². The fourth-order valence-corrected chi connectivity index (χ4v) is 5.12. The molecule has 0 rings (SSSR count). The van der Waals surface area contributed by atoms with Crippen LogP contribution in [0.1, 0.15) is 117 Å². The summed E-state index contributed by atoms with van der Waals surface area (Å²) in [5.74, 6) is -0.447. The van der Waals surface area contributed by atoms with Crippen LogP contribution in [-0.2, 0) is 23.4 Å². The topological polar surface area (TPSA) is 85.3 Å². The van der Waals surface area contributed by atoms with Gasteiger partial charge in [0.2, 0.25) is 0 Å². The molecule has 0 aromatic rings. The highest BCUT2D eigenvalue weighted by Crippen LogP contribution is 2.42. The number of carbonyl (C=O) groups is 1. The number of ether oxygens (including phenoxy) is 2. The predicted molar refractivity (Wildman–Crippen MR) is 145 cm³/mol. The van der Waals surface area contributed by atoms with Crippen LogP contribution in [0.2, 0.25) is 0 Å². The van der Waals surface area contributed by atoms with Crippen molar-refractivity contribution in [3.63, 3.8) is 0 Å². The van der Waals surface area contributed by atoms with Crippen molar-refractivity contribution in [1.29, 1.82) is 0 Å². The van der Waals surface area contributed by atoms with Crippen LogP contribution in [0.3, 0.4) is 0 Å². The molecule has 2 atom stereocenters. The normalized spacial score (nSPS) is 14.2. The summed E-state index contributed by atoms with van der Waals surface area (Å²) < 4.78 is 28.3. The predicted octanol–water partition coefficient (Wildman–Crippen LogP) is 6.96. The summed E-state index contributed by atoms with van der Waals surface area (Å²) in [6, 6.07) is 0. The van der Waals surface area contributed by atoms with Gasteiger partial charge in [-0.15, -0.1) is 0 Å². The first-order valence-electron chi connectivity index (χ1n) is 14.1. The molecule has 7 nitrogen and oxygen atoms in total. The van der Waals surface area contributed by atoms with E-state index in [0.29, 0.717) is 13.0 Å². The lowest BCUT2D eigenvalue weighted by Crippen LogP contribution is -2.27. The number of esters is 1. The number of hydrogen-bond acceptors (Lipinski definition) is 6. The molecule has 0 aliphatic heterocycles. The van der Waals surface area contributed by atoms with Gasteiger partial charge in [0.25, 0.3) is 0 Å². The van der Waals surface area contributed by atoms with E-state index in [-0.39, 0.29) is 19.4 Å². The van der Waals surface area contributed by atoms with Gasteiger partial charge >= 0.3 is 13.6 Å². The number of rotatable bonds is 26. The first-order valence-corrected chi connectivity index (χ1v) is 15.9. The molecule has 210 valence electrons. The molecule has 0 aliphatic carbocycles. The Morgan fingerprint density at radius 2 is 1.31 bits per heavy atom. The molecule has 0 aliphatic rings. The molecule has 8 heteroatoms. The van der Waals surface area contributed by atoms with Gasteiger partial charge in [-0.3, -0.25) is 9.36 Å². The molecule has 0 amide bonds. The minimum atomic E-state index is -3.69. The fraction of sp³-hybridized carbons (Fsp3) is 0.963. The van der Waals surface area contributed by atoms with Gasteiger partial charge in [-0.1, -0.05) is 90.4 Å². The zero-order valence-electron chi connectivity index (χ0n) is 23.3. The lowest BCUT2D eigenvalue weighted by Gasteiger charge is -2.19. The van der Waals surface area contributed by atoms with Gasteiger partial charge in [0.1, 0.15) is 6.10 Å². The third-order valence-electron chi connectivity index (χ3n) is 6.04. The second kappa shape index (κ2) is 23.9. The van der Waals surface area contributed by atoms with E-state index in [2.05, 4.69) is 6.92 Å². The summed E-state index contributed by atoms with van der Waals surface area (Å²) in [6.07, 6.45) is 19.2. The third-order valence-corrected chi connectivity index (χ3v) is 7.47. The molecule has 0 saturated carbocycles. The van der Waals surface area contributed by atoms with E-state index in [1.807, 2.05) is 19.0 Å². The Morgan fingerprint density at radius 3 is 1.80 bits per heavy atom. The smallest absolute Gasteiger partial charge is 0.328 e. The largest absolute Gasteiger partial charge is 0.458 e. The molecule has 0 aromatic carbocycles. The molecule has 35 heavy (non-hydrogen) atoms. The lowest BCUT2D eigenvalue weighted by molar-refractivity contribution is -0.151. The second-order valence-corrected chi connectivity index (χ2v) is 12.1. The number of unbranched alkanes of at least 4 members (excludes halogenated alkanes) is 14. The Kier molecular flexibility index (Phi) is 23.6. The van der Waals surface area contributed by atoms with Crippen LogP contribution in [0.25, 0.3) is 0 Å². The van der Waals surface area contributed by atoms with Crippen molar-refractivity contribution >= 4 is 13.6 Å². The molecule has 0 spiro atoms. The summed E-state index contributed by atoms with van der Waals surface area (Å²) in [5, 5.41) is 0. The maximum absolute atomic E-state index is 12.2. The Hall–Kier alpha value is -0.460. The molecule has 0 heterocycles. The third kappa shape index (κ3) is 26.4. The Morgan fingerprint density at radius 1 is 0.800 bits per heavy atom. The highest BCUT2D eigenvalue weighted by molar-refractivity contribution is 7.52. The molecule has 2 unspecified atom stereocenters.